The van der Waals surface area contributed by atoms with Crippen LogP contribution in [0.1, 0.15) is 35.6 Å². The highest BCUT2D eigenvalue weighted by Crippen LogP contribution is 2.30. The summed E-state index contributed by atoms with van der Waals surface area (Å²) in [6.07, 6.45) is -2.66. The minimum absolute atomic E-state index is 0.206. The molecular weight excluding hydrogens is 279 g/mol. The number of aromatic nitrogens is 2. The molecular formula is C15H16F3N3. The van der Waals surface area contributed by atoms with Crippen LogP contribution in [-0.2, 0) is 12.7 Å². The summed E-state index contributed by atoms with van der Waals surface area (Å²) in [5.74, 6) is 0.668. The molecule has 0 saturated carbocycles. The third kappa shape index (κ3) is 4.26. The Balaban J connectivity index is 2.05. The summed E-state index contributed by atoms with van der Waals surface area (Å²) in [5.41, 5.74) is 0.767. The maximum absolute atomic E-state index is 12.7. The highest BCUT2D eigenvalue weighted by molar-refractivity contribution is 5.27. The van der Waals surface area contributed by atoms with E-state index >= 15 is 0 Å². The first-order valence-corrected chi connectivity index (χ1v) is 6.55. The molecule has 3 nitrogen and oxygen atoms in total. The van der Waals surface area contributed by atoms with Gasteiger partial charge in [-0.15, -0.1) is 0 Å². The van der Waals surface area contributed by atoms with Crippen LogP contribution in [0.2, 0.25) is 0 Å². The Bertz CT molecular complexity index is 611. The van der Waals surface area contributed by atoms with Gasteiger partial charge < -0.3 is 5.32 Å². The number of nitrogens with zero attached hydrogens (tertiary/aromatic N) is 2. The Morgan fingerprint density at radius 2 is 2.00 bits per heavy atom. The standard InChI is InChI=1S/C15H16F3N3/c1-10(20-9-14-6-7-19-11(2)21-14)12-4-3-5-13(8-12)15(16,17)18/h3-8,10,20H,9H2,1-2H3. The van der Waals surface area contributed by atoms with Crippen molar-refractivity contribution in [2.45, 2.75) is 32.6 Å². The Morgan fingerprint density at radius 1 is 1.24 bits per heavy atom. The Labute approximate surface area is 121 Å². The molecule has 0 saturated heterocycles. The minimum atomic E-state index is -4.32. The predicted molar refractivity (Wildman–Crippen MR) is 73.5 cm³/mol. The summed E-state index contributed by atoms with van der Waals surface area (Å²) >= 11 is 0. The Morgan fingerprint density at radius 3 is 2.67 bits per heavy atom. The van der Waals surface area contributed by atoms with Crippen molar-refractivity contribution in [2.24, 2.45) is 0 Å². The van der Waals surface area contributed by atoms with E-state index in [2.05, 4.69) is 15.3 Å². The molecule has 1 aromatic carbocycles. The molecule has 0 spiro atoms. The van der Waals surface area contributed by atoms with Crippen LogP contribution in [0.15, 0.2) is 36.5 Å². The molecule has 0 fully saturated rings. The van der Waals surface area contributed by atoms with E-state index in [1.807, 2.05) is 6.92 Å². The molecule has 1 atom stereocenters. The van der Waals surface area contributed by atoms with Crippen LogP contribution < -0.4 is 5.32 Å². The van der Waals surface area contributed by atoms with E-state index in [9.17, 15) is 13.2 Å². The van der Waals surface area contributed by atoms with Gasteiger partial charge in [0.15, 0.2) is 0 Å². The van der Waals surface area contributed by atoms with E-state index in [1.165, 1.54) is 12.1 Å². The van der Waals surface area contributed by atoms with E-state index in [0.717, 1.165) is 11.8 Å². The summed E-state index contributed by atoms with van der Waals surface area (Å²) in [5, 5.41) is 3.16. The quantitative estimate of drug-likeness (QED) is 0.935. The highest BCUT2D eigenvalue weighted by atomic mass is 19.4. The number of alkyl halides is 3. The van der Waals surface area contributed by atoms with Crippen LogP contribution in [0.5, 0.6) is 0 Å². The molecule has 0 bridgehead atoms. The zero-order chi connectivity index (χ0) is 15.5. The number of aryl methyl sites for hydroxylation is 1. The van der Waals surface area contributed by atoms with Gasteiger partial charge in [-0.2, -0.15) is 13.2 Å². The molecule has 0 aliphatic carbocycles. The SMILES string of the molecule is Cc1nccc(CNC(C)c2cccc(C(F)(F)F)c2)n1. The average Bonchev–Trinajstić information content (AvgIpc) is 2.44. The van der Waals surface area contributed by atoms with E-state index in [-0.39, 0.29) is 6.04 Å². The lowest BCUT2D eigenvalue weighted by Gasteiger charge is -2.16. The van der Waals surface area contributed by atoms with E-state index < -0.39 is 11.7 Å². The number of halogens is 3. The molecule has 2 aromatic rings. The number of rotatable bonds is 4. The fraction of sp³-hybridized carbons (Fsp3) is 0.333. The van der Waals surface area contributed by atoms with Gasteiger partial charge in [-0.25, -0.2) is 9.97 Å². The molecule has 1 unspecified atom stereocenters. The number of nitrogens with one attached hydrogen (secondary N) is 1. The van der Waals surface area contributed by atoms with Crippen LogP contribution >= 0.6 is 0 Å². The van der Waals surface area contributed by atoms with Gasteiger partial charge in [-0.05, 0) is 37.6 Å². The summed E-state index contributed by atoms with van der Waals surface area (Å²) < 4.78 is 38.1. The maximum Gasteiger partial charge on any atom is 0.416 e. The lowest BCUT2D eigenvalue weighted by atomic mass is 10.0. The average molecular weight is 295 g/mol. The smallest absolute Gasteiger partial charge is 0.305 e. The monoisotopic (exact) mass is 295 g/mol. The van der Waals surface area contributed by atoms with Crippen molar-refractivity contribution in [1.29, 1.82) is 0 Å². The number of hydrogen-bond donors (Lipinski definition) is 1. The zero-order valence-electron chi connectivity index (χ0n) is 11.8. The number of benzene rings is 1. The van der Waals surface area contributed by atoms with Gasteiger partial charge in [0.05, 0.1) is 11.3 Å². The zero-order valence-corrected chi connectivity index (χ0v) is 11.8. The normalized spacial score (nSPS) is 13.2. The van der Waals surface area contributed by atoms with E-state index in [0.29, 0.717) is 17.9 Å². The lowest BCUT2D eigenvalue weighted by Crippen LogP contribution is -2.19. The second-order valence-corrected chi connectivity index (χ2v) is 4.82. The minimum Gasteiger partial charge on any atom is -0.305 e. The van der Waals surface area contributed by atoms with Crippen molar-refractivity contribution < 1.29 is 13.2 Å². The van der Waals surface area contributed by atoms with Crippen LogP contribution in [0, 0.1) is 6.92 Å². The molecule has 0 radical (unpaired) electrons. The highest BCUT2D eigenvalue weighted by Gasteiger charge is 2.30. The van der Waals surface area contributed by atoms with Gasteiger partial charge in [0.2, 0.25) is 0 Å². The molecule has 0 aliphatic heterocycles. The topological polar surface area (TPSA) is 37.8 Å². The molecule has 0 amide bonds. The molecule has 1 N–H and O–H groups in total. The van der Waals surface area contributed by atoms with Crippen molar-refractivity contribution in [2.75, 3.05) is 0 Å². The first-order valence-electron chi connectivity index (χ1n) is 6.55. The van der Waals surface area contributed by atoms with E-state index in [4.69, 9.17) is 0 Å². The van der Waals surface area contributed by atoms with Gasteiger partial charge in [0.25, 0.3) is 0 Å². The molecule has 1 heterocycles. The fourth-order valence-electron chi connectivity index (χ4n) is 1.96. The second kappa shape index (κ2) is 6.22. The first kappa shape index (κ1) is 15.4. The van der Waals surface area contributed by atoms with Gasteiger partial charge >= 0.3 is 6.18 Å². The molecule has 112 valence electrons. The fourth-order valence-corrected chi connectivity index (χ4v) is 1.96. The van der Waals surface area contributed by atoms with Crippen LogP contribution in [0.4, 0.5) is 13.2 Å². The second-order valence-electron chi connectivity index (χ2n) is 4.82. The first-order chi connectivity index (χ1) is 9.86. The lowest BCUT2D eigenvalue weighted by molar-refractivity contribution is -0.137. The van der Waals surface area contributed by atoms with Crippen molar-refractivity contribution in [1.82, 2.24) is 15.3 Å². The van der Waals surface area contributed by atoms with Crippen molar-refractivity contribution in [3.8, 4) is 0 Å². The van der Waals surface area contributed by atoms with Gasteiger partial charge in [-0.1, -0.05) is 12.1 Å². The van der Waals surface area contributed by atoms with Crippen LogP contribution in [0.25, 0.3) is 0 Å². The summed E-state index contributed by atoms with van der Waals surface area (Å²) in [7, 11) is 0. The molecule has 1 aromatic heterocycles. The largest absolute Gasteiger partial charge is 0.416 e. The predicted octanol–water partition coefficient (Wildman–Crippen LogP) is 3.65. The van der Waals surface area contributed by atoms with Crippen molar-refractivity contribution in [3.63, 3.8) is 0 Å². The molecule has 21 heavy (non-hydrogen) atoms. The Hall–Kier alpha value is -1.95. The summed E-state index contributed by atoms with van der Waals surface area (Å²) in [6, 6.07) is 6.91. The third-order valence-corrected chi connectivity index (χ3v) is 3.14. The third-order valence-electron chi connectivity index (χ3n) is 3.14. The summed E-state index contributed by atoms with van der Waals surface area (Å²) in [6.45, 7) is 4.09. The van der Waals surface area contributed by atoms with E-state index in [1.54, 1.807) is 25.3 Å². The summed E-state index contributed by atoms with van der Waals surface area (Å²) in [4.78, 5) is 8.24. The van der Waals surface area contributed by atoms with Crippen molar-refractivity contribution >= 4 is 0 Å². The van der Waals surface area contributed by atoms with Crippen LogP contribution in [0.3, 0.4) is 0 Å². The van der Waals surface area contributed by atoms with Gasteiger partial charge in [0.1, 0.15) is 5.82 Å². The van der Waals surface area contributed by atoms with Crippen LogP contribution in [-0.4, -0.2) is 9.97 Å². The molecule has 6 heteroatoms. The molecule has 0 aliphatic rings. The molecule has 2 rings (SSSR count). The Kier molecular flexibility index (Phi) is 4.57. The van der Waals surface area contributed by atoms with Gasteiger partial charge in [-0.3, -0.25) is 0 Å². The van der Waals surface area contributed by atoms with Crippen molar-refractivity contribution in [3.05, 3.63) is 59.2 Å². The maximum atomic E-state index is 12.7. The number of hydrogen-bond acceptors (Lipinski definition) is 3. The van der Waals surface area contributed by atoms with Gasteiger partial charge in [0, 0.05) is 18.8 Å².